The van der Waals surface area contributed by atoms with Crippen molar-refractivity contribution in [3.05, 3.63) is 35.5 Å². The molecule has 18 heavy (non-hydrogen) atoms. The van der Waals surface area contributed by atoms with Gasteiger partial charge in [-0.3, -0.25) is 0 Å². The molecule has 0 spiro atoms. The van der Waals surface area contributed by atoms with E-state index >= 15 is 0 Å². The van der Waals surface area contributed by atoms with Crippen molar-refractivity contribution in [1.82, 2.24) is 4.57 Å². The molecule has 0 amide bonds. The van der Waals surface area contributed by atoms with Crippen LogP contribution in [0.4, 0.5) is 0 Å². The summed E-state index contributed by atoms with van der Waals surface area (Å²) < 4.78 is 2.38. The van der Waals surface area contributed by atoms with Gasteiger partial charge in [0.1, 0.15) is 0 Å². The van der Waals surface area contributed by atoms with Crippen LogP contribution in [0.25, 0.3) is 10.9 Å². The molecule has 1 aromatic heterocycles. The lowest BCUT2D eigenvalue weighted by atomic mass is 10.0. The molecule has 2 heteroatoms. The van der Waals surface area contributed by atoms with Crippen molar-refractivity contribution >= 4 is 10.9 Å². The third-order valence-electron chi connectivity index (χ3n) is 3.66. The van der Waals surface area contributed by atoms with Crippen LogP contribution in [0.5, 0.6) is 0 Å². The molecule has 0 saturated heterocycles. The highest BCUT2D eigenvalue weighted by Gasteiger charge is 2.10. The van der Waals surface area contributed by atoms with Crippen LogP contribution in [-0.2, 0) is 19.4 Å². The lowest BCUT2D eigenvalue weighted by Gasteiger charge is -2.05. The number of hydrogen-bond acceptors (Lipinski definition) is 1. The highest BCUT2D eigenvalue weighted by Crippen LogP contribution is 2.26. The Morgan fingerprint density at radius 3 is 2.61 bits per heavy atom. The largest absolute Gasteiger partial charge is 0.347 e. The lowest BCUT2D eigenvalue weighted by molar-refractivity contribution is 0.665. The van der Waals surface area contributed by atoms with Crippen molar-refractivity contribution in [3.63, 3.8) is 0 Å². The Bertz CT molecular complexity index is 523. The molecule has 0 saturated carbocycles. The Balaban J connectivity index is 2.48. The second-order valence-electron chi connectivity index (χ2n) is 5.12. The molecule has 1 heterocycles. The van der Waals surface area contributed by atoms with Crippen molar-refractivity contribution < 1.29 is 0 Å². The molecule has 0 aliphatic rings. The molecule has 0 unspecified atom stereocenters. The number of fused-ring (bicyclic) bond motifs is 1. The second-order valence-corrected chi connectivity index (χ2v) is 5.12. The molecule has 2 nitrogen and oxygen atoms in total. The standard InChI is InChI=1S/C16H24N2/c1-4-13-7-6-8-15-14(10-9-12(3)17)11-18(5-2)16(13)15/h6-8,11-12H,4-5,9-10,17H2,1-3H3/t12-/m1/s1. The van der Waals surface area contributed by atoms with Gasteiger partial charge in [0.25, 0.3) is 0 Å². The SMILES string of the molecule is CCc1cccc2c(CC[C@@H](C)N)cn(CC)c12. The Kier molecular flexibility index (Phi) is 4.07. The zero-order valence-corrected chi connectivity index (χ0v) is 11.7. The monoisotopic (exact) mass is 244 g/mol. The number of benzene rings is 1. The van der Waals surface area contributed by atoms with E-state index in [1.165, 1.54) is 22.0 Å². The van der Waals surface area contributed by atoms with Gasteiger partial charge in [-0.15, -0.1) is 0 Å². The molecule has 98 valence electrons. The van der Waals surface area contributed by atoms with Gasteiger partial charge in [0, 0.05) is 24.2 Å². The summed E-state index contributed by atoms with van der Waals surface area (Å²) in [6, 6.07) is 6.94. The van der Waals surface area contributed by atoms with Gasteiger partial charge >= 0.3 is 0 Å². The van der Waals surface area contributed by atoms with Gasteiger partial charge in [-0.2, -0.15) is 0 Å². The number of para-hydroxylation sites is 1. The molecule has 2 N–H and O–H groups in total. The average Bonchev–Trinajstić information content (AvgIpc) is 2.74. The van der Waals surface area contributed by atoms with Gasteiger partial charge < -0.3 is 10.3 Å². The molecule has 0 aliphatic carbocycles. The van der Waals surface area contributed by atoms with Crippen molar-refractivity contribution in [3.8, 4) is 0 Å². The Hall–Kier alpha value is -1.28. The van der Waals surface area contributed by atoms with Crippen LogP contribution in [0.1, 0.15) is 38.3 Å². The predicted molar refractivity (Wildman–Crippen MR) is 79.0 cm³/mol. The summed E-state index contributed by atoms with van der Waals surface area (Å²) in [6.07, 6.45) is 5.54. The molecule has 1 aromatic carbocycles. The van der Waals surface area contributed by atoms with Gasteiger partial charge in [-0.1, -0.05) is 25.1 Å². The fourth-order valence-corrected chi connectivity index (χ4v) is 2.63. The third-order valence-corrected chi connectivity index (χ3v) is 3.66. The first-order valence-electron chi connectivity index (χ1n) is 7.02. The first-order valence-corrected chi connectivity index (χ1v) is 7.02. The van der Waals surface area contributed by atoms with E-state index in [0.717, 1.165) is 25.8 Å². The van der Waals surface area contributed by atoms with Gasteiger partial charge in [0.05, 0.1) is 5.52 Å². The van der Waals surface area contributed by atoms with Crippen LogP contribution in [0.2, 0.25) is 0 Å². The molecule has 0 radical (unpaired) electrons. The van der Waals surface area contributed by atoms with Crippen LogP contribution in [-0.4, -0.2) is 10.6 Å². The van der Waals surface area contributed by atoms with Crippen LogP contribution in [0, 0.1) is 0 Å². The Morgan fingerprint density at radius 2 is 2.00 bits per heavy atom. The smallest absolute Gasteiger partial charge is 0.0515 e. The van der Waals surface area contributed by atoms with E-state index in [4.69, 9.17) is 5.73 Å². The summed E-state index contributed by atoms with van der Waals surface area (Å²) in [6.45, 7) is 7.55. The normalized spacial score (nSPS) is 13.1. The van der Waals surface area contributed by atoms with Crippen LogP contribution in [0.3, 0.4) is 0 Å². The van der Waals surface area contributed by atoms with Crippen LogP contribution in [0.15, 0.2) is 24.4 Å². The van der Waals surface area contributed by atoms with E-state index in [1.54, 1.807) is 0 Å². The first-order chi connectivity index (χ1) is 8.67. The minimum absolute atomic E-state index is 0.277. The second kappa shape index (κ2) is 5.57. The van der Waals surface area contributed by atoms with E-state index in [-0.39, 0.29) is 6.04 Å². The fourth-order valence-electron chi connectivity index (χ4n) is 2.63. The summed E-state index contributed by atoms with van der Waals surface area (Å²) in [5.74, 6) is 0. The van der Waals surface area contributed by atoms with Crippen molar-refractivity contribution in [1.29, 1.82) is 0 Å². The zero-order chi connectivity index (χ0) is 13.1. The Morgan fingerprint density at radius 1 is 1.22 bits per heavy atom. The summed E-state index contributed by atoms with van der Waals surface area (Å²) in [7, 11) is 0. The maximum atomic E-state index is 5.87. The van der Waals surface area contributed by atoms with Gasteiger partial charge in [0.2, 0.25) is 0 Å². The molecule has 0 aliphatic heterocycles. The average molecular weight is 244 g/mol. The molecule has 2 rings (SSSR count). The maximum absolute atomic E-state index is 5.87. The quantitative estimate of drug-likeness (QED) is 0.857. The molecule has 1 atom stereocenters. The topological polar surface area (TPSA) is 30.9 Å². The first kappa shape index (κ1) is 13.2. The number of aromatic nitrogens is 1. The van der Waals surface area contributed by atoms with Crippen molar-refractivity contribution in [2.45, 2.75) is 52.6 Å². The molecular weight excluding hydrogens is 220 g/mol. The van der Waals surface area contributed by atoms with Gasteiger partial charge in [0.15, 0.2) is 0 Å². The number of nitrogens with two attached hydrogens (primary N) is 1. The van der Waals surface area contributed by atoms with Crippen molar-refractivity contribution in [2.24, 2.45) is 5.73 Å². The molecule has 0 fully saturated rings. The number of rotatable bonds is 5. The number of aryl methyl sites for hydroxylation is 3. The summed E-state index contributed by atoms with van der Waals surface area (Å²) in [5, 5.41) is 1.41. The van der Waals surface area contributed by atoms with Crippen LogP contribution >= 0.6 is 0 Å². The third kappa shape index (κ3) is 2.44. The summed E-state index contributed by atoms with van der Waals surface area (Å²) >= 11 is 0. The molecule has 2 aromatic rings. The van der Waals surface area contributed by atoms with E-state index in [9.17, 15) is 0 Å². The maximum Gasteiger partial charge on any atom is 0.0515 e. The Labute approximate surface area is 110 Å². The minimum atomic E-state index is 0.277. The van der Waals surface area contributed by atoms with Crippen LogP contribution < -0.4 is 5.73 Å². The van der Waals surface area contributed by atoms with E-state index in [0.29, 0.717) is 0 Å². The minimum Gasteiger partial charge on any atom is -0.347 e. The summed E-state index contributed by atoms with van der Waals surface area (Å²) in [4.78, 5) is 0. The lowest BCUT2D eigenvalue weighted by Crippen LogP contribution is -2.15. The van der Waals surface area contributed by atoms with Gasteiger partial charge in [-0.05, 0) is 44.2 Å². The zero-order valence-electron chi connectivity index (χ0n) is 11.7. The summed E-state index contributed by atoms with van der Waals surface area (Å²) in [5.41, 5.74) is 10.2. The van der Waals surface area contributed by atoms with E-state index in [2.05, 4.69) is 49.7 Å². The number of nitrogens with zero attached hydrogens (tertiary/aromatic N) is 1. The predicted octanol–water partition coefficient (Wildman–Crippen LogP) is 3.50. The van der Waals surface area contributed by atoms with E-state index in [1.807, 2.05) is 0 Å². The number of hydrogen-bond donors (Lipinski definition) is 1. The van der Waals surface area contributed by atoms with E-state index < -0.39 is 0 Å². The molecular formula is C16H24N2. The fraction of sp³-hybridized carbons (Fsp3) is 0.500. The molecule has 0 bridgehead atoms. The highest BCUT2D eigenvalue weighted by molar-refractivity contribution is 5.87. The van der Waals surface area contributed by atoms with Crippen molar-refractivity contribution in [2.75, 3.05) is 0 Å². The highest BCUT2D eigenvalue weighted by atomic mass is 14.9. The van der Waals surface area contributed by atoms with Gasteiger partial charge in [-0.25, -0.2) is 0 Å².